The van der Waals surface area contributed by atoms with Gasteiger partial charge in [0.1, 0.15) is 5.69 Å². The smallest absolute Gasteiger partial charge is 0.293 e. The molecule has 0 amide bonds. The van der Waals surface area contributed by atoms with Gasteiger partial charge in [-0.1, -0.05) is 30.3 Å². The van der Waals surface area contributed by atoms with Gasteiger partial charge in [0, 0.05) is 17.5 Å². The first-order valence-corrected chi connectivity index (χ1v) is 6.51. The van der Waals surface area contributed by atoms with Crippen molar-refractivity contribution in [2.75, 3.05) is 5.32 Å². The predicted molar refractivity (Wildman–Crippen MR) is 76.9 cm³/mol. The van der Waals surface area contributed by atoms with Gasteiger partial charge in [-0.25, -0.2) is 0 Å². The zero-order valence-electron chi connectivity index (χ0n) is 10.1. The number of nitrogens with one attached hydrogen (secondary N) is 1. The van der Waals surface area contributed by atoms with Crippen LogP contribution >= 0.6 is 11.9 Å². The molecule has 3 N–H and O–H groups in total. The molecule has 0 spiro atoms. The Morgan fingerprint density at radius 1 is 1.21 bits per heavy atom. The van der Waals surface area contributed by atoms with E-state index in [0.29, 0.717) is 17.1 Å². The summed E-state index contributed by atoms with van der Waals surface area (Å²) in [6.45, 7) is 0.538. The molecule has 0 unspecified atom stereocenters. The molecule has 2 aromatic carbocycles. The summed E-state index contributed by atoms with van der Waals surface area (Å²) in [6.07, 6.45) is 0. The van der Waals surface area contributed by atoms with Crippen molar-refractivity contribution in [2.45, 2.75) is 11.4 Å². The average Bonchev–Trinajstić information content (AvgIpc) is 2.46. The maximum Gasteiger partial charge on any atom is 0.293 e. The molecule has 0 aliphatic rings. The molecular formula is C13H13N3O2S. The Hall–Kier alpha value is -2.05. The Labute approximate surface area is 115 Å². The van der Waals surface area contributed by atoms with Crippen LogP contribution in [0.4, 0.5) is 11.4 Å². The Morgan fingerprint density at radius 3 is 2.58 bits per heavy atom. The Balaban J connectivity index is 2.18. The number of nitro benzene ring substituents is 1. The average molecular weight is 275 g/mol. The van der Waals surface area contributed by atoms with Crippen molar-refractivity contribution >= 4 is 23.3 Å². The lowest BCUT2D eigenvalue weighted by Crippen LogP contribution is -2.02. The normalized spacial score (nSPS) is 10.2. The number of nitro groups is 1. The number of hydrogen-bond acceptors (Lipinski definition) is 5. The molecule has 0 atom stereocenters. The van der Waals surface area contributed by atoms with Gasteiger partial charge in [0.05, 0.1) is 4.92 Å². The van der Waals surface area contributed by atoms with Crippen molar-refractivity contribution in [3.05, 3.63) is 64.2 Å². The van der Waals surface area contributed by atoms with Gasteiger partial charge in [-0.05, 0) is 29.6 Å². The standard InChI is InChI=1S/C13H13N3O2S/c14-19-11-6-7-12(13(8-11)16(17)18)15-9-10-4-2-1-3-5-10/h1-8,15H,9,14H2. The van der Waals surface area contributed by atoms with Crippen LogP contribution in [0.3, 0.4) is 0 Å². The minimum atomic E-state index is -0.410. The van der Waals surface area contributed by atoms with Crippen molar-refractivity contribution in [1.29, 1.82) is 0 Å². The summed E-state index contributed by atoms with van der Waals surface area (Å²) in [5.74, 6) is 0. The second kappa shape index (κ2) is 6.21. The fourth-order valence-corrected chi connectivity index (χ4v) is 2.00. The van der Waals surface area contributed by atoms with E-state index in [2.05, 4.69) is 5.32 Å². The van der Waals surface area contributed by atoms with Gasteiger partial charge >= 0.3 is 0 Å². The summed E-state index contributed by atoms with van der Waals surface area (Å²) in [5, 5.41) is 19.5. The van der Waals surface area contributed by atoms with Crippen LogP contribution in [-0.4, -0.2) is 4.92 Å². The number of benzene rings is 2. The van der Waals surface area contributed by atoms with Crippen LogP contribution in [0.2, 0.25) is 0 Å². The van der Waals surface area contributed by atoms with Gasteiger partial charge < -0.3 is 5.32 Å². The van der Waals surface area contributed by atoms with E-state index < -0.39 is 4.92 Å². The zero-order chi connectivity index (χ0) is 13.7. The highest BCUT2D eigenvalue weighted by Gasteiger charge is 2.14. The van der Waals surface area contributed by atoms with Gasteiger partial charge in [-0.3, -0.25) is 15.3 Å². The fraction of sp³-hybridized carbons (Fsp3) is 0.0769. The summed E-state index contributed by atoms with van der Waals surface area (Å²) in [7, 11) is 0. The second-order valence-electron chi connectivity index (χ2n) is 3.89. The lowest BCUT2D eigenvalue weighted by Gasteiger charge is -2.08. The molecule has 2 aromatic rings. The monoisotopic (exact) mass is 275 g/mol. The molecule has 0 saturated heterocycles. The van der Waals surface area contributed by atoms with Gasteiger partial charge in [-0.15, -0.1) is 0 Å². The van der Waals surface area contributed by atoms with Crippen LogP contribution in [0.25, 0.3) is 0 Å². The van der Waals surface area contributed by atoms with E-state index in [4.69, 9.17) is 5.14 Å². The van der Waals surface area contributed by atoms with E-state index in [1.807, 2.05) is 30.3 Å². The Kier molecular flexibility index (Phi) is 4.38. The van der Waals surface area contributed by atoms with Gasteiger partial charge in [-0.2, -0.15) is 0 Å². The highest BCUT2D eigenvalue weighted by Crippen LogP contribution is 2.28. The van der Waals surface area contributed by atoms with Crippen LogP contribution < -0.4 is 10.5 Å². The second-order valence-corrected chi connectivity index (χ2v) is 4.60. The maximum absolute atomic E-state index is 11.0. The Bertz CT molecular complexity index is 575. The lowest BCUT2D eigenvalue weighted by molar-refractivity contribution is -0.384. The lowest BCUT2D eigenvalue weighted by atomic mass is 10.2. The molecule has 0 heterocycles. The summed E-state index contributed by atoms with van der Waals surface area (Å²) in [4.78, 5) is 11.3. The molecular weight excluding hydrogens is 262 g/mol. The first-order chi connectivity index (χ1) is 9.20. The van der Waals surface area contributed by atoms with E-state index in [0.717, 1.165) is 17.5 Å². The minimum Gasteiger partial charge on any atom is -0.375 e. The van der Waals surface area contributed by atoms with Crippen molar-refractivity contribution in [3.8, 4) is 0 Å². The molecule has 0 aliphatic carbocycles. The van der Waals surface area contributed by atoms with Crippen LogP contribution in [0.15, 0.2) is 53.4 Å². The van der Waals surface area contributed by atoms with E-state index in [-0.39, 0.29) is 5.69 Å². The van der Waals surface area contributed by atoms with E-state index in [1.54, 1.807) is 12.1 Å². The molecule has 0 radical (unpaired) electrons. The molecule has 19 heavy (non-hydrogen) atoms. The molecule has 6 heteroatoms. The summed E-state index contributed by atoms with van der Waals surface area (Å²) < 4.78 is 0. The van der Waals surface area contributed by atoms with Gasteiger partial charge in [0.25, 0.3) is 5.69 Å². The molecule has 98 valence electrons. The molecule has 2 rings (SSSR count). The van der Waals surface area contributed by atoms with E-state index in [9.17, 15) is 10.1 Å². The SMILES string of the molecule is NSc1ccc(NCc2ccccc2)c([N+](=O)[O-])c1. The first kappa shape index (κ1) is 13.4. The van der Waals surface area contributed by atoms with Crippen molar-refractivity contribution in [3.63, 3.8) is 0 Å². The number of hydrogen-bond donors (Lipinski definition) is 2. The van der Waals surface area contributed by atoms with Crippen LogP contribution in [-0.2, 0) is 6.54 Å². The highest BCUT2D eigenvalue weighted by molar-refractivity contribution is 7.97. The molecule has 0 fully saturated rings. The third-order valence-electron chi connectivity index (χ3n) is 2.63. The van der Waals surface area contributed by atoms with E-state index >= 15 is 0 Å². The largest absolute Gasteiger partial charge is 0.375 e. The number of nitrogens with zero attached hydrogens (tertiary/aromatic N) is 1. The minimum absolute atomic E-state index is 0.0337. The van der Waals surface area contributed by atoms with E-state index in [1.165, 1.54) is 6.07 Å². The summed E-state index contributed by atoms with van der Waals surface area (Å²) in [6, 6.07) is 14.6. The summed E-state index contributed by atoms with van der Waals surface area (Å²) in [5.41, 5.74) is 1.59. The topological polar surface area (TPSA) is 81.2 Å². The van der Waals surface area contributed by atoms with Crippen molar-refractivity contribution < 1.29 is 4.92 Å². The maximum atomic E-state index is 11.0. The molecule has 0 aromatic heterocycles. The van der Waals surface area contributed by atoms with Crippen molar-refractivity contribution in [1.82, 2.24) is 0 Å². The van der Waals surface area contributed by atoms with Crippen molar-refractivity contribution in [2.24, 2.45) is 5.14 Å². The van der Waals surface area contributed by atoms with Gasteiger partial charge in [0.2, 0.25) is 0 Å². The predicted octanol–water partition coefficient (Wildman–Crippen LogP) is 3.17. The number of rotatable bonds is 5. The third kappa shape index (κ3) is 3.46. The Morgan fingerprint density at radius 2 is 1.95 bits per heavy atom. The first-order valence-electron chi connectivity index (χ1n) is 5.63. The number of anilines is 1. The molecule has 5 nitrogen and oxygen atoms in total. The molecule has 0 saturated carbocycles. The van der Waals surface area contributed by atoms with Crippen LogP contribution in [0, 0.1) is 10.1 Å². The molecule has 0 aliphatic heterocycles. The fourth-order valence-electron chi connectivity index (χ4n) is 1.68. The highest BCUT2D eigenvalue weighted by atomic mass is 32.2. The third-order valence-corrected chi connectivity index (χ3v) is 3.15. The van der Waals surface area contributed by atoms with Gasteiger partial charge in [0.15, 0.2) is 0 Å². The zero-order valence-corrected chi connectivity index (χ0v) is 10.9. The summed E-state index contributed by atoms with van der Waals surface area (Å²) >= 11 is 0.991. The van der Waals surface area contributed by atoms with Crippen LogP contribution in [0.5, 0.6) is 0 Å². The number of nitrogens with two attached hydrogens (primary N) is 1. The molecule has 0 bridgehead atoms. The quantitative estimate of drug-likeness (QED) is 0.497. The van der Waals surface area contributed by atoms with Crippen LogP contribution in [0.1, 0.15) is 5.56 Å².